The van der Waals surface area contributed by atoms with Crippen molar-refractivity contribution >= 4 is 6.08 Å². The molecule has 0 atom stereocenters. The van der Waals surface area contributed by atoms with Crippen molar-refractivity contribution in [2.45, 2.75) is 0 Å². The number of hydrogen-bond acceptors (Lipinski definition) is 7. The number of carbonyl (C=O) groups excluding carboxylic acids is 1. The fourth-order valence-corrected chi connectivity index (χ4v) is 0.159. The Kier molecular flexibility index (Phi) is 4.39. The molecule has 10 heavy (non-hydrogen) atoms. The lowest BCUT2D eigenvalue weighted by Crippen LogP contribution is -2.37. The Balaban J connectivity index is 3.81. The van der Waals surface area contributed by atoms with Crippen LogP contribution in [0, 0.1) is 0 Å². The van der Waals surface area contributed by atoms with Crippen molar-refractivity contribution in [1.29, 1.82) is 0 Å². The molecule has 9 heteroatoms. The second kappa shape index (κ2) is 5.35. The van der Waals surface area contributed by atoms with E-state index in [1.807, 2.05) is 0 Å². The van der Waals surface area contributed by atoms with Crippen molar-refractivity contribution in [2.24, 2.45) is 16.2 Å². The van der Waals surface area contributed by atoms with Crippen LogP contribution in [0.2, 0.25) is 0 Å². The zero-order chi connectivity index (χ0) is 7.82. The highest BCUT2D eigenvalue weighted by Gasteiger charge is 1.92. The van der Waals surface area contributed by atoms with Gasteiger partial charge < -0.3 is 0 Å². The van der Waals surface area contributed by atoms with Gasteiger partial charge in [0.2, 0.25) is 0 Å². The molecule has 0 aliphatic carbocycles. The number of isocyanates is 1. The van der Waals surface area contributed by atoms with Crippen molar-refractivity contribution < 1.29 is 9.73 Å². The molecule has 0 heterocycles. The Morgan fingerprint density at radius 1 is 1.90 bits per heavy atom. The van der Waals surface area contributed by atoms with Gasteiger partial charge in [0.05, 0.1) is 0 Å². The van der Waals surface area contributed by atoms with Crippen molar-refractivity contribution in [2.75, 3.05) is 0 Å². The lowest BCUT2D eigenvalue weighted by Gasteiger charge is -2.07. The largest absolute Gasteiger partial charge is 0.268 e. The van der Waals surface area contributed by atoms with Crippen LogP contribution in [0.5, 0.6) is 0 Å². The van der Waals surface area contributed by atoms with Crippen molar-refractivity contribution in [3.8, 4) is 0 Å². The molecule has 0 saturated carbocycles. The fourth-order valence-electron chi connectivity index (χ4n) is 0.159. The highest BCUT2D eigenvalue weighted by Crippen LogP contribution is 1.82. The molecule has 0 aliphatic heterocycles. The predicted octanol–water partition coefficient (Wildman–Crippen LogP) is -0.926. The minimum absolute atomic E-state index is 0.326. The van der Waals surface area contributed by atoms with Crippen LogP contribution >= 0.6 is 0 Å². The molecule has 0 amide bonds. The Morgan fingerprint density at radius 2 is 2.60 bits per heavy atom. The number of hydrazine groups is 2. The third-order valence-corrected chi connectivity index (χ3v) is 0.392. The van der Waals surface area contributed by atoms with E-state index in [9.17, 15) is 4.79 Å². The molecule has 0 bridgehead atoms. The second-order valence-corrected chi connectivity index (χ2v) is 0.846. The van der Waals surface area contributed by atoms with Crippen LogP contribution in [-0.2, 0) is 9.73 Å². The first-order chi connectivity index (χ1) is 4.85. The van der Waals surface area contributed by atoms with Crippen molar-refractivity contribution in [1.82, 2.24) is 10.8 Å². The molecule has 54 valence electrons. The Labute approximate surface area is 54.5 Å². The number of rotatable bonds is 4. The fraction of sp³-hybridized carbons (Fsp3) is 0. The first-order valence-corrected chi connectivity index (χ1v) is 1.91. The SMILES string of the molecule is [N-]=[N+]=NON(N=C=O)NN. The molecule has 0 spiro atoms. The number of nitrogens with one attached hydrogen (secondary N) is 1. The van der Waals surface area contributed by atoms with Crippen LogP contribution in [0.1, 0.15) is 0 Å². The number of azide groups is 1. The summed E-state index contributed by atoms with van der Waals surface area (Å²) >= 11 is 0. The molecular formula is CH3N7O2. The van der Waals surface area contributed by atoms with E-state index in [-0.39, 0.29) is 0 Å². The Morgan fingerprint density at radius 3 is 3.00 bits per heavy atom. The summed E-state index contributed by atoms with van der Waals surface area (Å²) in [6, 6.07) is 0. The van der Waals surface area contributed by atoms with Crippen LogP contribution in [0.15, 0.2) is 10.4 Å². The van der Waals surface area contributed by atoms with Crippen LogP contribution in [0.3, 0.4) is 0 Å². The zero-order valence-electron chi connectivity index (χ0n) is 4.63. The molecule has 0 unspecified atom stereocenters. The number of nitrogens with two attached hydrogens (primary N) is 1. The van der Waals surface area contributed by atoms with E-state index in [1.54, 1.807) is 5.53 Å². The Hall–Kier alpha value is -1.79. The summed E-state index contributed by atoms with van der Waals surface area (Å²) in [7, 11) is 0. The van der Waals surface area contributed by atoms with Crippen molar-refractivity contribution in [3.05, 3.63) is 10.4 Å². The summed E-state index contributed by atoms with van der Waals surface area (Å²) in [5.41, 5.74) is 9.43. The van der Waals surface area contributed by atoms with Gasteiger partial charge in [-0.05, 0) is 15.9 Å². The first kappa shape index (κ1) is 8.21. The topological polar surface area (TPSA) is 129 Å². The highest BCUT2D eigenvalue weighted by molar-refractivity contribution is 5.31. The van der Waals surface area contributed by atoms with Crippen LogP contribution < -0.4 is 11.4 Å². The van der Waals surface area contributed by atoms with E-state index in [0.29, 0.717) is 5.28 Å². The Bertz CT molecular complexity index is 176. The molecule has 9 nitrogen and oxygen atoms in total. The molecule has 0 fully saturated rings. The first-order valence-electron chi connectivity index (χ1n) is 1.91. The highest BCUT2D eigenvalue weighted by atomic mass is 16.9. The van der Waals surface area contributed by atoms with E-state index < -0.39 is 0 Å². The standard InChI is InChI=1S/CH3N7O2/c2-5-7-10-8(6-3)4-1-9/h6H,3H2. The van der Waals surface area contributed by atoms with Crippen LogP contribution in [0.25, 0.3) is 10.4 Å². The second-order valence-electron chi connectivity index (χ2n) is 0.846. The van der Waals surface area contributed by atoms with Gasteiger partial charge >= 0.3 is 0 Å². The molecule has 0 radical (unpaired) electrons. The number of hydrazone groups is 1. The summed E-state index contributed by atoms with van der Waals surface area (Å²) in [6.45, 7) is 0. The van der Waals surface area contributed by atoms with Gasteiger partial charge in [-0.3, -0.25) is 4.94 Å². The third kappa shape index (κ3) is 3.24. The van der Waals surface area contributed by atoms with Gasteiger partial charge in [-0.15, -0.1) is 5.53 Å². The maximum absolute atomic E-state index is 9.49. The molecular weight excluding hydrogens is 142 g/mol. The van der Waals surface area contributed by atoms with Crippen LogP contribution in [-0.4, -0.2) is 11.4 Å². The van der Waals surface area contributed by atoms with E-state index in [1.165, 1.54) is 0 Å². The van der Waals surface area contributed by atoms with E-state index in [4.69, 9.17) is 11.4 Å². The lowest BCUT2D eigenvalue weighted by molar-refractivity contribution is -0.199. The number of hydrogen-bond donors (Lipinski definition) is 2. The average Bonchev–Trinajstić information content (AvgIpc) is 1.98. The minimum Gasteiger partial charge on any atom is -0.268 e. The maximum atomic E-state index is 9.49. The predicted molar refractivity (Wildman–Crippen MR) is 27.5 cm³/mol. The normalized spacial score (nSPS) is 6.90. The zero-order valence-corrected chi connectivity index (χ0v) is 4.63. The van der Waals surface area contributed by atoms with Gasteiger partial charge in [0, 0.05) is 4.91 Å². The van der Waals surface area contributed by atoms with E-state index >= 15 is 0 Å². The molecule has 0 aromatic carbocycles. The quantitative estimate of drug-likeness (QED) is 0.100. The van der Waals surface area contributed by atoms with Gasteiger partial charge in [-0.25, -0.2) is 10.6 Å². The molecule has 0 aromatic rings. The smallest absolute Gasteiger partial charge is 0.262 e. The molecule has 3 N–H and O–H groups in total. The number of nitrogens with zero attached hydrogens (tertiary/aromatic N) is 5. The summed E-state index contributed by atoms with van der Waals surface area (Å²) < 4.78 is 0. The minimum atomic E-state index is 0.326. The molecule has 0 rings (SSSR count). The van der Waals surface area contributed by atoms with Crippen LogP contribution in [0.4, 0.5) is 0 Å². The molecule has 0 saturated heterocycles. The molecule has 0 aromatic heterocycles. The third-order valence-electron chi connectivity index (χ3n) is 0.392. The van der Waals surface area contributed by atoms with E-state index in [0.717, 1.165) is 6.08 Å². The molecule has 0 aliphatic rings. The van der Waals surface area contributed by atoms with Gasteiger partial charge in [-0.1, -0.05) is 0 Å². The monoisotopic (exact) mass is 145 g/mol. The maximum Gasteiger partial charge on any atom is 0.262 e. The van der Waals surface area contributed by atoms with E-state index in [2.05, 4.69) is 20.2 Å². The van der Waals surface area contributed by atoms with Gasteiger partial charge in [0.1, 0.15) is 5.28 Å². The summed E-state index contributed by atoms with van der Waals surface area (Å²) in [5.74, 6) is 4.69. The summed E-state index contributed by atoms with van der Waals surface area (Å²) in [4.78, 5) is 15.6. The summed E-state index contributed by atoms with van der Waals surface area (Å²) in [5, 5.41) is 5.66. The van der Waals surface area contributed by atoms with Gasteiger partial charge in [0.15, 0.2) is 0 Å². The van der Waals surface area contributed by atoms with Crippen molar-refractivity contribution in [3.63, 3.8) is 0 Å². The lowest BCUT2D eigenvalue weighted by atomic mass is 11.6. The van der Waals surface area contributed by atoms with Gasteiger partial charge in [-0.2, -0.15) is 0 Å². The average molecular weight is 145 g/mol. The van der Waals surface area contributed by atoms with Gasteiger partial charge in [0.25, 0.3) is 6.08 Å². The summed E-state index contributed by atoms with van der Waals surface area (Å²) in [6.07, 6.45) is 1.08.